The number of aliphatic imine (C=N–C) groups is 1. The first-order valence-corrected chi connectivity index (χ1v) is 13.8. The smallest absolute Gasteiger partial charge is 0.339 e. The van der Waals surface area contributed by atoms with Gasteiger partial charge in [0.1, 0.15) is 28.0 Å². The molecule has 0 atom stereocenters. The number of thioether (sulfide) groups is 1. The van der Waals surface area contributed by atoms with Gasteiger partial charge in [-0.1, -0.05) is 47.5 Å². The van der Waals surface area contributed by atoms with Gasteiger partial charge in [0.25, 0.3) is 5.91 Å². The minimum absolute atomic E-state index is 0.0268. The van der Waals surface area contributed by atoms with Crippen LogP contribution in [0.15, 0.2) is 93.4 Å². The van der Waals surface area contributed by atoms with E-state index in [0.29, 0.717) is 10.8 Å². The Balaban J connectivity index is 1.41. The number of fused-ring (bicyclic) bond motifs is 1. The normalized spacial score (nSPS) is 16.3. The predicted octanol–water partition coefficient (Wildman–Crippen LogP) is 5.11. The Morgan fingerprint density at radius 1 is 1.08 bits per heavy atom. The molecule has 0 radical (unpaired) electrons. The van der Waals surface area contributed by atoms with Crippen molar-refractivity contribution in [3.8, 4) is 11.5 Å². The summed E-state index contributed by atoms with van der Waals surface area (Å²) in [5, 5.41) is 15.2. The Morgan fingerprint density at radius 2 is 1.82 bits per heavy atom. The summed E-state index contributed by atoms with van der Waals surface area (Å²) in [4.78, 5) is 16.9. The third kappa shape index (κ3) is 5.49. The average molecular weight is 567 g/mol. The molecule has 38 heavy (non-hydrogen) atoms. The van der Waals surface area contributed by atoms with Crippen LogP contribution in [0.2, 0.25) is 5.02 Å². The Kier molecular flexibility index (Phi) is 7.06. The van der Waals surface area contributed by atoms with Gasteiger partial charge >= 0.3 is 10.1 Å². The maximum atomic E-state index is 12.9. The number of amides is 1. The zero-order valence-corrected chi connectivity index (χ0v) is 22.2. The van der Waals surface area contributed by atoms with Gasteiger partial charge in [-0.3, -0.25) is 10.2 Å². The molecular weight excluding hydrogens is 548 g/mol. The second kappa shape index (κ2) is 10.4. The van der Waals surface area contributed by atoms with Crippen LogP contribution in [0.1, 0.15) is 11.1 Å². The monoisotopic (exact) mass is 566 g/mol. The molecule has 12 heteroatoms. The van der Waals surface area contributed by atoms with Crippen LogP contribution in [0.25, 0.3) is 6.08 Å². The molecular formula is C26H19ClN4O5S2. The summed E-state index contributed by atoms with van der Waals surface area (Å²) in [6, 6.07) is 19.7. The highest BCUT2D eigenvalue weighted by Crippen LogP contribution is 2.32. The maximum Gasteiger partial charge on any atom is 0.339 e. The van der Waals surface area contributed by atoms with Gasteiger partial charge in [0.2, 0.25) is 5.17 Å². The number of halogens is 1. The van der Waals surface area contributed by atoms with Gasteiger partial charge in [-0.15, -0.1) is 0 Å². The predicted molar refractivity (Wildman–Crippen MR) is 147 cm³/mol. The lowest BCUT2D eigenvalue weighted by Gasteiger charge is -2.20. The van der Waals surface area contributed by atoms with E-state index in [1.807, 2.05) is 25.1 Å². The van der Waals surface area contributed by atoms with Gasteiger partial charge in [0.15, 0.2) is 5.84 Å². The Morgan fingerprint density at radius 3 is 2.55 bits per heavy atom. The number of nitrogens with one attached hydrogen (secondary N) is 1. The molecule has 3 aromatic rings. The average Bonchev–Trinajstić information content (AvgIpc) is 3.30. The Labute approximate surface area is 228 Å². The maximum absolute atomic E-state index is 12.9. The van der Waals surface area contributed by atoms with Gasteiger partial charge in [-0.25, -0.2) is 0 Å². The van der Waals surface area contributed by atoms with Crippen LogP contribution >= 0.6 is 23.4 Å². The van der Waals surface area contributed by atoms with E-state index in [2.05, 4.69) is 10.1 Å². The van der Waals surface area contributed by atoms with Gasteiger partial charge in [0.05, 0.1) is 5.57 Å². The molecule has 0 aliphatic carbocycles. The fourth-order valence-corrected chi connectivity index (χ4v) is 5.42. The van der Waals surface area contributed by atoms with Crippen molar-refractivity contribution in [2.24, 2.45) is 10.1 Å². The van der Waals surface area contributed by atoms with Crippen LogP contribution in [0.3, 0.4) is 0 Å². The number of amidine groups is 2. The molecule has 2 aliphatic rings. The molecule has 1 amide bonds. The largest absolute Gasteiger partial charge is 0.487 e. The number of hydrazone groups is 1. The molecule has 0 saturated heterocycles. The van der Waals surface area contributed by atoms with Gasteiger partial charge in [-0.05, 0) is 67.2 Å². The first-order chi connectivity index (χ1) is 18.2. The van der Waals surface area contributed by atoms with Crippen LogP contribution in [0.5, 0.6) is 11.5 Å². The van der Waals surface area contributed by atoms with Crippen LogP contribution in [0.4, 0.5) is 0 Å². The lowest BCUT2D eigenvalue weighted by Crippen LogP contribution is -2.35. The molecule has 0 aromatic heterocycles. The number of aryl methyl sites for hydroxylation is 1. The lowest BCUT2D eigenvalue weighted by atomic mass is 10.1. The molecule has 0 bridgehead atoms. The minimum Gasteiger partial charge on any atom is -0.487 e. The van der Waals surface area contributed by atoms with Crippen molar-refractivity contribution in [1.82, 2.24) is 5.01 Å². The molecule has 0 fully saturated rings. The van der Waals surface area contributed by atoms with Crippen LogP contribution in [0, 0.1) is 12.3 Å². The second-order valence-electron chi connectivity index (χ2n) is 8.15. The molecule has 0 saturated carbocycles. The molecule has 1 N–H and O–H groups in total. The number of hydrogen-bond acceptors (Lipinski definition) is 8. The number of benzene rings is 3. The number of ether oxygens (including phenoxy) is 1. The zero-order chi connectivity index (χ0) is 26.9. The van der Waals surface area contributed by atoms with Crippen LogP contribution < -0.4 is 8.92 Å². The van der Waals surface area contributed by atoms with Crippen molar-refractivity contribution in [2.45, 2.75) is 11.8 Å². The van der Waals surface area contributed by atoms with Gasteiger partial charge in [-0.2, -0.15) is 23.5 Å². The summed E-state index contributed by atoms with van der Waals surface area (Å²) in [6.07, 6.45) is 1.31. The van der Waals surface area contributed by atoms with Gasteiger partial charge < -0.3 is 8.92 Å². The van der Waals surface area contributed by atoms with E-state index in [4.69, 9.17) is 25.9 Å². The third-order valence-corrected chi connectivity index (χ3v) is 7.75. The number of hydrogen-bond donors (Lipinski definition) is 1. The highest BCUT2D eigenvalue weighted by atomic mass is 35.5. The fourth-order valence-electron chi connectivity index (χ4n) is 3.49. The van der Waals surface area contributed by atoms with Crippen molar-refractivity contribution >= 4 is 61.5 Å². The summed E-state index contributed by atoms with van der Waals surface area (Å²) in [5.41, 5.74) is 0.971. The molecule has 5 rings (SSSR count). The number of carbonyl (C=O) groups is 1. The molecule has 0 spiro atoms. The van der Waals surface area contributed by atoms with E-state index in [0.717, 1.165) is 17.3 Å². The van der Waals surface area contributed by atoms with Crippen LogP contribution in [-0.2, 0) is 14.9 Å². The minimum atomic E-state index is -4.17. The van der Waals surface area contributed by atoms with E-state index in [1.54, 1.807) is 24.3 Å². The molecule has 2 aliphatic heterocycles. The molecule has 2 heterocycles. The van der Waals surface area contributed by atoms with E-state index < -0.39 is 16.0 Å². The Hall–Kier alpha value is -3.93. The van der Waals surface area contributed by atoms with Crippen molar-refractivity contribution in [1.29, 1.82) is 5.41 Å². The zero-order valence-electron chi connectivity index (χ0n) is 19.8. The summed E-state index contributed by atoms with van der Waals surface area (Å²) in [5.74, 6) is -0.312. The van der Waals surface area contributed by atoms with Crippen molar-refractivity contribution in [3.63, 3.8) is 0 Å². The topological polar surface area (TPSA) is 121 Å². The highest BCUT2D eigenvalue weighted by Gasteiger charge is 2.36. The molecule has 3 aromatic carbocycles. The SMILES string of the molecule is Cc1ccc(S(=O)(=O)Oc2ccc(Cl)cc2/C=C2/C(=N)N3N=C(COc4ccccc4)SC3=NC2=O)cc1. The quantitative estimate of drug-likeness (QED) is 0.311. The van der Waals surface area contributed by atoms with Gasteiger partial charge in [0, 0.05) is 10.6 Å². The second-order valence-corrected chi connectivity index (χ2v) is 11.2. The Bertz CT molecular complexity index is 1640. The third-order valence-electron chi connectivity index (χ3n) is 5.38. The number of para-hydroxylation sites is 1. The number of nitrogens with zero attached hydrogens (tertiary/aromatic N) is 3. The number of rotatable bonds is 7. The molecule has 0 unspecified atom stereocenters. The fraction of sp³-hybridized carbons (Fsp3) is 0.0769. The van der Waals surface area contributed by atoms with E-state index in [9.17, 15) is 13.2 Å². The van der Waals surface area contributed by atoms with Crippen molar-refractivity contribution in [2.75, 3.05) is 6.61 Å². The first kappa shape index (κ1) is 25.7. The van der Waals surface area contributed by atoms with E-state index in [-0.39, 0.29) is 44.4 Å². The van der Waals surface area contributed by atoms with Crippen LogP contribution in [-0.4, -0.2) is 42.0 Å². The summed E-state index contributed by atoms with van der Waals surface area (Å²) in [6.45, 7) is 1.97. The summed E-state index contributed by atoms with van der Waals surface area (Å²) < 4.78 is 36.8. The number of carbonyl (C=O) groups excluding carboxylic acids is 1. The molecule has 9 nitrogen and oxygen atoms in total. The van der Waals surface area contributed by atoms with E-state index in [1.165, 1.54) is 41.4 Å². The highest BCUT2D eigenvalue weighted by molar-refractivity contribution is 8.27. The molecule has 192 valence electrons. The van der Waals surface area contributed by atoms with Crippen molar-refractivity contribution in [3.05, 3.63) is 94.5 Å². The summed E-state index contributed by atoms with van der Waals surface area (Å²) >= 11 is 7.29. The summed E-state index contributed by atoms with van der Waals surface area (Å²) in [7, 11) is -4.17. The lowest BCUT2D eigenvalue weighted by molar-refractivity contribution is -0.114. The van der Waals surface area contributed by atoms with E-state index >= 15 is 0 Å². The first-order valence-electron chi connectivity index (χ1n) is 11.2. The standard InChI is InChI=1S/C26H19ClN4O5S2/c1-16-7-10-20(11-8-16)38(33,34)36-22-12-9-18(27)13-17(22)14-21-24(28)31-26(29-25(21)32)37-23(30-31)15-35-19-5-3-2-4-6-19/h2-14,28H,15H2,1H3/b21-14-,28-24?. The van der Waals surface area contributed by atoms with Crippen molar-refractivity contribution < 1.29 is 22.1 Å².